The first-order chi connectivity index (χ1) is 15.2. The van der Waals surface area contributed by atoms with Gasteiger partial charge in [0.25, 0.3) is 11.8 Å². The third-order valence-electron chi connectivity index (χ3n) is 5.63. The Morgan fingerprint density at radius 1 is 0.938 bits per heavy atom. The number of carbonyl (C=O) groups excluding carboxylic acids is 4. The van der Waals surface area contributed by atoms with Crippen LogP contribution in [0.4, 0.5) is 10.1 Å². The van der Waals surface area contributed by atoms with Crippen LogP contribution in [-0.2, 0) is 4.79 Å². The number of anilines is 1. The fourth-order valence-electron chi connectivity index (χ4n) is 3.84. The summed E-state index contributed by atoms with van der Waals surface area (Å²) in [4.78, 5) is 53.6. The highest BCUT2D eigenvalue weighted by atomic mass is 35.5. The van der Waals surface area contributed by atoms with Crippen LogP contribution in [0.1, 0.15) is 38.0 Å². The van der Waals surface area contributed by atoms with Crippen LogP contribution in [0.3, 0.4) is 0 Å². The van der Waals surface area contributed by atoms with Crippen molar-refractivity contribution in [1.82, 2.24) is 9.80 Å². The van der Waals surface area contributed by atoms with E-state index >= 15 is 0 Å². The Morgan fingerprint density at radius 2 is 1.50 bits per heavy atom. The van der Waals surface area contributed by atoms with E-state index in [2.05, 4.69) is 0 Å². The molecule has 0 atom stereocenters. The minimum atomic E-state index is -0.594. The Labute approximate surface area is 193 Å². The van der Waals surface area contributed by atoms with Gasteiger partial charge in [-0.2, -0.15) is 0 Å². The molecule has 0 saturated carbocycles. The second-order valence-electron chi connectivity index (χ2n) is 7.60. The van der Waals surface area contributed by atoms with Crippen LogP contribution in [0.15, 0.2) is 30.3 Å². The van der Waals surface area contributed by atoms with Gasteiger partial charge in [0, 0.05) is 31.7 Å². The molecular weight excluding hydrogens is 460 g/mol. The van der Waals surface area contributed by atoms with Crippen molar-refractivity contribution in [2.75, 3.05) is 37.6 Å². The molecule has 32 heavy (non-hydrogen) atoms. The van der Waals surface area contributed by atoms with Crippen molar-refractivity contribution >= 4 is 52.4 Å². The van der Waals surface area contributed by atoms with Gasteiger partial charge in [0.1, 0.15) is 12.4 Å². The Morgan fingerprint density at radius 3 is 2.00 bits per heavy atom. The van der Waals surface area contributed by atoms with Gasteiger partial charge in [-0.1, -0.05) is 23.2 Å². The van der Waals surface area contributed by atoms with E-state index in [1.165, 1.54) is 30.0 Å². The molecule has 2 aromatic rings. The van der Waals surface area contributed by atoms with Gasteiger partial charge in [0.05, 0.1) is 26.9 Å². The molecule has 3 amide bonds. The Bertz CT molecular complexity index is 1120. The highest BCUT2D eigenvalue weighted by Gasteiger charge is 2.38. The first-order valence-electron chi connectivity index (χ1n) is 9.86. The number of amides is 3. The Balaban J connectivity index is 1.40. The molecule has 2 aromatic carbocycles. The fourth-order valence-corrected chi connectivity index (χ4v) is 4.17. The highest BCUT2D eigenvalue weighted by Crippen LogP contribution is 2.31. The lowest BCUT2D eigenvalue weighted by atomic mass is 10.1. The lowest BCUT2D eigenvalue weighted by Crippen LogP contribution is -2.52. The summed E-state index contributed by atoms with van der Waals surface area (Å²) < 4.78 is 14.4. The minimum Gasteiger partial charge on any atom is -0.366 e. The number of hydrogen-bond donors (Lipinski definition) is 0. The number of fused-ring (bicyclic) bond motifs is 1. The quantitative estimate of drug-likeness (QED) is 0.498. The molecule has 2 aliphatic rings. The van der Waals surface area contributed by atoms with Crippen molar-refractivity contribution in [2.45, 2.75) is 6.92 Å². The van der Waals surface area contributed by atoms with Gasteiger partial charge in [-0.05, 0) is 37.3 Å². The largest absolute Gasteiger partial charge is 0.366 e. The maximum absolute atomic E-state index is 14.4. The zero-order valence-electron chi connectivity index (χ0n) is 17.0. The Hall–Kier alpha value is -2.97. The molecule has 0 aromatic heterocycles. The lowest BCUT2D eigenvalue weighted by molar-refractivity contribution is -0.131. The summed E-state index contributed by atoms with van der Waals surface area (Å²) in [5.41, 5.74) is 0.887. The molecule has 0 unspecified atom stereocenters. The van der Waals surface area contributed by atoms with E-state index in [0.717, 1.165) is 4.90 Å². The van der Waals surface area contributed by atoms with Gasteiger partial charge in [-0.3, -0.25) is 24.1 Å². The van der Waals surface area contributed by atoms with E-state index in [1.54, 1.807) is 17.0 Å². The maximum atomic E-state index is 14.4. The molecule has 1 fully saturated rings. The molecule has 1 saturated heterocycles. The van der Waals surface area contributed by atoms with E-state index in [0.29, 0.717) is 37.4 Å². The molecule has 2 heterocycles. The molecular formula is C22H18Cl2FN3O4. The van der Waals surface area contributed by atoms with Crippen molar-refractivity contribution in [2.24, 2.45) is 0 Å². The number of benzene rings is 2. The smallest absolute Gasteiger partial charge is 0.262 e. The van der Waals surface area contributed by atoms with Gasteiger partial charge < -0.3 is 9.80 Å². The maximum Gasteiger partial charge on any atom is 0.262 e. The topological polar surface area (TPSA) is 78.0 Å². The summed E-state index contributed by atoms with van der Waals surface area (Å²) in [6.45, 7) is 2.31. The van der Waals surface area contributed by atoms with Gasteiger partial charge in [0.15, 0.2) is 5.78 Å². The number of Topliss-reactive ketones (excluding diaryl/α,β-unsaturated/α-hetero) is 1. The standard InChI is InChI=1S/C22H18Cl2FN3O4/c1-12(29)13-2-3-19(18(25)8-13)26-4-6-27(7-5-26)20(30)11-28-21(31)14-9-16(23)17(24)10-15(14)22(28)32/h2-3,8-10H,4-7,11H2,1H3. The number of nitrogens with zero attached hydrogens (tertiary/aromatic N) is 3. The van der Waals surface area contributed by atoms with Crippen LogP contribution in [0, 0.1) is 5.82 Å². The Kier molecular flexibility index (Phi) is 5.92. The van der Waals surface area contributed by atoms with Crippen molar-refractivity contribution < 1.29 is 23.6 Å². The minimum absolute atomic E-state index is 0.117. The van der Waals surface area contributed by atoms with Gasteiger partial charge in [-0.15, -0.1) is 0 Å². The third kappa shape index (κ3) is 3.96. The fraction of sp³-hybridized carbons (Fsp3) is 0.273. The van der Waals surface area contributed by atoms with Crippen molar-refractivity contribution in [1.29, 1.82) is 0 Å². The van der Waals surface area contributed by atoms with Crippen LogP contribution in [0.2, 0.25) is 10.0 Å². The molecule has 0 spiro atoms. The van der Waals surface area contributed by atoms with Crippen molar-refractivity contribution in [3.63, 3.8) is 0 Å². The number of piperazine rings is 1. The van der Waals surface area contributed by atoms with E-state index in [9.17, 15) is 23.6 Å². The molecule has 4 rings (SSSR count). The van der Waals surface area contributed by atoms with Crippen LogP contribution >= 0.6 is 23.2 Å². The van der Waals surface area contributed by atoms with Crippen LogP contribution in [0.5, 0.6) is 0 Å². The van der Waals surface area contributed by atoms with E-state index in [-0.39, 0.29) is 32.9 Å². The molecule has 0 aliphatic carbocycles. The average molecular weight is 478 g/mol. The molecule has 10 heteroatoms. The summed E-state index contributed by atoms with van der Waals surface area (Å²) >= 11 is 11.9. The normalized spacial score (nSPS) is 15.9. The second-order valence-corrected chi connectivity index (χ2v) is 8.41. The molecule has 7 nitrogen and oxygen atoms in total. The molecule has 2 aliphatic heterocycles. The average Bonchev–Trinajstić information content (AvgIpc) is 2.98. The molecule has 0 bridgehead atoms. The first-order valence-corrected chi connectivity index (χ1v) is 10.6. The number of halogens is 3. The van der Waals surface area contributed by atoms with Crippen LogP contribution < -0.4 is 4.90 Å². The van der Waals surface area contributed by atoms with E-state index < -0.39 is 24.2 Å². The van der Waals surface area contributed by atoms with Gasteiger partial charge in [0.2, 0.25) is 5.91 Å². The predicted molar refractivity (Wildman–Crippen MR) is 117 cm³/mol. The van der Waals surface area contributed by atoms with Crippen LogP contribution in [0.25, 0.3) is 0 Å². The SMILES string of the molecule is CC(=O)c1ccc(N2CCN(C(=O)CN3C(=O)c4cc(Cl)c(Cl)cc4C3=O)CC2)c(F)c1. The zero-order valence-corrected chi connectivity index (χ0v) is 18.5. The van der Waals surface area contributed by atoms with E-state index in [4.69, 9.17) is 23.2 Å². The second kappa shape index (κ2) is 8.52. The summed E-state index contributed by atoms with van der Waals surface area (Å²) in [5.74, 6) is -2.29. The van der Waals surface area contributed by atoms with Gasteiger partial charge in [-0.25, -0.2) is 4.39 Å². The summed E-state index contributed by atoms with van der Waals surface area (Å²) in [6, 6.07) is 6.98. The zero-order chi connectivity index (χ0) is 23.2. The summed E-state index contributed by atoms with van der Waals surface area (Å²) in [6.07, 6.45) is 0. The monoisotopic (exact) mass is 477 g/mol. The van der Waals surface area contributed by atoms with Crippen LogP contribution in [-0.4, -0.2) is 66.0 Å². The van der Waals surface area contributed by atoms with Crippen molar-refractivity contribution in [3.05, 3.63) is 62.9 Å². The number of ketones is 1. The highest BCUT2D eigenvalue weighted by molar-refractivity contribution is 6.43. The molecule has 166 valence electrons. The molecule has 0 N–H and O–H groups in total. The van der Waals surface area contributed by atoms with Gasteiger partial charge >= 0.3 is 0 Å². The number of hydrogen-bond acceptors (Lipinski definition) is 5. The summed E-state index contributed by atoms with van der Waals surface area (Å²) in [7, 11) is 0. The first kappa shape index (κ1) is 22.2. The van der Waals surface area contributed by atoms with Crippen molar-refractivity contribution in [3.8, 4) is 0 Å². The number of carbonyl (C=O) groups is 4. The number of imide groups is 1. The number of rotatable bonds is 4. The van der Waals surface area contributed by atoms with E-state index in [1.807, 2.05) is 0 Å². The summed E-state index contributed by atoms with van der Waals surface area (Å²) in [5, 5.41) is 0.305. The third-order valence-corrected chi connectivity index (χ3v) is 6.35. The molecule has 0 radical (unpaired) electrons. The predicted octanol–water partition coefficient (Wildman–Crippen LogP) is 3.28. The lowest BCUT2D eigenvalue weighted by Gasteiger charge is -2.36.